The van der Waals surface area contributed by atoms with Gasteiger partial charge in [-0.3, -0.25) is 19.3 Å². The van der Waals surface area contributed by atoms with E-state index in [1.165, 1.54) is 7.11 Å². The summed E-state index contributed by atoms with van der Waals surface area (Å²) in [5.74, 6) is -2.44. The standard InChI is InChI=1S/C18H27N3O7/c1-11(2)8-12(15(24)27-3)19-13(22)10-28-14(23)9-21-16(25)18(20-17(21)26)6-4-5-7-18/h11-12H,4-10H2,1-3H3,(H,19,22)(H,20,26)/t12-/m1/s1. The van der Waals surface area contributed by atoms with Gasteiger partial charge < -0.3 is 20.1 Å². The molecule has 10 heteroatoms. The van der Waals surface area contributed by atoms with E-state index in [9.17, 15) is 24.0 Å². The van der Waals surface area contributed by atoms with E-state index in [0.717, 1.165) is 17.7 Å². The fourth-order valence-corrected chi connectivity index (χ4v) is 3.52. The maximum atomic E-state index is 12.5. The van der Waals surface area contributed by atoms with Crippen LogP contribution in [0.15, 0.2) is 0 Å². The molecule has 1 saturated heterocycles. The van der Waals surface area contributed by atoms with E-state index in [4.69, 9.17) is 4.74 Å². The Morgan fingerprint density at radius 2 is 1.86 bits per heavy atom. The number of esters is 2. The highest BCUT2D eigenvalue weighted by molar-refractivity contribution is 6.08. The smallest absolute Gasteiger partial charge is 0.328 e. The second kappa shape index (κ2) is 9.03. The highest BCUT2D eigenvalue weighted by Crippen LogP contribution is 2.34. The third kappa shape index (κ3) is 4.99. The number of ether oxygens (including phenoxy) is 2. The van der Waals surface area contributed by atoms with Crippen molar-refractivity contribution in [2.75, 3.05) is 20.3 Å². The summed E-state index contributed by atoms with van der Waals surface area (Å²) in [6.07, 6.45) is 3.15. The predicted molar refractivity (Wildman–Crippen MR) is 95.8 cm³/mol. The summed E-state index contributed by atoms with van der Waals surface area (Å²) in [6.45, 7) is 2.58. The van der Waals surface area contributed by atoms with Gasteiger partial charge in [0.05, 0.1) is 7.11 Å². The van der Waals surface area contributed by atoms with Crippen molar-refractivity contribution in [3.05, 3.63) is 0 Å². The van der Waals surface area contributed by atoms with E-state index < -0.39 is 54.5 Å². The SMILES string of the molecule is COC(=O)[C@@H](CC(C)C)NC(=O)COC(=O)CN1C(=O)NC2(CCCC2)C1=O. The van der Waals surface area contributed by atoms with Crippen molar-refractivity contribution in [1.29, 1.82) is 0 Å². The van der Waals surface area contributed by atoms with Crippen molar-refractivity contribution in [2.24, 2.45) is 5.92 Å². The molecule has 1 spiro atoms. The Balaban J connectivity index is 1.83. The minimum absolute atomic E-state index is 0.134. The summed E-state index contributed by atoms with van der Waals surface area (Å²) in [4.78, 5) is 61.0. The lowest BCUT2D eigenvalue weighted by molar-refractivity contribution is -0.152. The molecule has 4 amide bonds. The molecule has 1 heterocycles. The van der Waals surface area contributed by atoms with Crippen LogP contribution in [-0.2, 0) is 28.7 Å². The Kier molecular flexibility index (Phi) is 6.98. The van der Waals surface area contributed by atoms with Gasteiger partial charge in [-0.05, 0) is 25.2 Å². The molecule has 2 fully saturated rings. The highest BCUT2D eigenvalue weighted by atomic mass is 16.5. The van der Waals surface area contributed by atoms with E-state index in [1.807, 2.05) is 13.8 Å². The number of nitrogens with zero attached hydrogens (tertiary/aromatic N) is 1. The van der Waals surface area contributed by atoms with Crippen molar-refractivity contribution in [3.8, 4) is 0 Å². The number of urea groups is 1. The molecule has 0 aromatic heterocycles. The number of carbonyl (C=O) groups is 5. The van der Waals surface area contributed by atoms with Crippen LogP contribution in [0.1, 0.15) is 46.0 Å². The van der Waals surface area contributed by atoms with Crippen LogP contribution in [0.2, 0.25) is 0 Å². The van der Waals surface area contributed by atoms with Crippen LogP contribution in [0.4, 0.5) is 4.79 Å². The van der Waals surface area contributed by atoms with Gasteiger partial charge in [-0.15, -0.1) is 0 Å². The second-order valence-corrected chi connectivity index (χ2v) is 7.54. The van der Waals surface area contributed by atoms with Gasteiger partial charge in [0.25, 0.3) is 11.8 Å². The molecule has 156 valence electrons. The molecule has 0 bridgehead atoms. The molecular weight excluding hydrogens is 370 g/mol. The lowest BCUT2D eigenvalue weighted by Crippen LogP contribution is -2.45. The van der Waals surface area contributed by atoms with Gasteiger partial charge in [0.2, 0.25) is 0 Å². The van der Waals surface area contributed by atoms with Crippen LogP contribution in [-0.4, -0.2) is 66.5 Å². The van der Waals surface area contributed by atoms with Crippen LogP contribution in [0, 0.1) is 5.92 Å². The van der Waals surface area contributed by atoms with Crippen molar-refractivity contribution in [2.45, 2.75) is 57.5 Å². The molecule has 0 aromatic rings. The Bertz CT molecular complexity index is 656. The summed E-state index contributed by atoms with van der Waals surface area (Å²) in [5.41, 5.74) is -0.903. The van der Waals surface area contributed by atoms with Crippen molar-refractivity contribution >= 4 is 29.8 Å². The van der Waals surface area contributed by atoms with Crippen molar-refractivity contribution in [1.82, 2.24) is 15.5 Å². The molecule has 0 unspecified atom stereocenters. The normalized spacial score (nSPS) is 18.9. The van der Waals surface area contributed by atoms with Gasteiger partial charge in [-0.2, -0.15) is 0 Å². The largest absolute Gasteiger partial charge is 0.467 e. The van der Waals surface area contributed by atoms with Crippen molar-refractivity contribution < 1.29 is 33.4 Å². The number of carbonyl (C=O) groups excluding carboxylic acids is 5. The zero-order valence-electron chi connectivity index (χ0n) is 16.4. The highest BCUT2D eigenvalue weighted by Gasteiger charge is 2.52. The first-order valence-corrected chi connectivity index (χ1v) is 9.35. The monoisotopic (exact) mass is 397 g/mol. The van der Waals surface area contributed by atoms with Crippen LogP contribution in [0.25, 0.3) is 0 Å². The fraction of sp³-hybridized carbons (Fsp3) is 0.722. The van der Waals surface area contributed by atoms with Gasteiger partial charge in [0.15, 0.2) is 6.61 Å². The molecule has 2 aliphatic rings. The Hall–Kier alpha value is -2.65. The van der Waals surface area contributed by atoms with E-state index in [-0.39, 0.29) is 5.92 Å². The number of imide groups is 1. The Morgan fingerprint density at radius 3 is 2.43 bits per heavy atom. The topological polar surface area (TPSA) is 131 Å². The van der Waals surface area contributed by atoms with Crippen LogP contribution >= 0.6 is 0 Å². The maximum Gasteiger partial charge on any atom is 0.328 e. The number of hydrogen-bond donors (Lipinski definition) is 2. The van der Waals surface area contributed by atoms with E-state index in [1.54, 1.807) is 0 Å². The van der Waals surface area contributed by atoms with Gasteiger partial charge >= 0.3 is 18.0 Å². The summed E-state index contributed by atoms with van der Waals surface area (Å²) in [7, 11) is 1.22. The molecule has 1 atom stereocenters. The maximum absolute atomic E-state index is 12.5. The molecule has 28 heavy (non-hydrogen) atoms. The lowest BCUT2D eigenvalue weighted by Gasteiger charge is -2.20. The number of amides is 4. The molecule has 0 aromatic carbocycles. The minimum atomic E-state index is -0.903. The van der Waals surface area contributed by atoms with Gasteiger partial charge in [-0.25, -0.2) is 9.59 Å². The third-order valence-electron chi connectivity index (χ3n) is 4.88. The molecule has 0 radical (unpaired) electrons. The number of hydrogen-bond acceptors (Lipinski definition) is 7. The minimum Gasteiger partial charge on any atom is -0.467 e. The Labute approximate surface area is 163 Å². The van der Waals surface area contributed by atoms with Crippen LogP contribution < -0.4 is 10.6 Å². The first-order chi connectivity index (χ1) is 13.2. The molecule has 1 saturated carbocycles. The van der Waals surface area contributed by atoms with Crippen LogP contribution in [0.5, 0.6) is 0 Å². The third-order valence-corrected chi connectivity index (χ3v) is 4.88. The zero-order valence-corrected chi connectivity index (χ0v) is 16.4. The fourth-order valence-electron chi connectivity index (χ4n) is 3.52. The molecule has 1 aliphatic heterocycles. The molecule has 10 nitrogen and oxygen atoms in total. The lowest BCUT2D eigenvalue weighted by atomic mass is 9.98. The predicted octanol–water partition coefficient (Wildman–Crippen LogP) is 0.0981. The van der Waals surface area contributed by atoms with Crippen molar-refractivity contribution in [3.63, 3.8) is 0 Å². The average molecular weight is 397 g/mol. The summed E-state index contributed by atoms with van der Waals surface area (Å²) in [6, 6.07) is -1.47. The van der Waals surface area contributed by atoms with E-state index >= 15 is 0 Å². The molecule has 1 aliphatic carbocycles. The van der Waals surface area contributed by atoms with Crippen LogP contribution in [0.3, 0.4) is 0 Å². The Morgan fingerprint density at radius 1 is 1.21 bits per heavy atom. The number of methoxy groups -OCH3 is 1. The second-order valence-electron chi connectivity index (χ2n) is 7.54. The van der Waals surface area contributed by atoms with Gasteiger partial charge in [-0.1, -0.05) is 26.7 Å². The molecule has 2 N–H and O–H groups in total. The molecule has 2 rings (SSSR count). The summed E-state index contributed by atoms with van der Waals surface area (Å²) in [5, 5.41) is 5.12. The zero-order chi connectivity index (χ0) is 20.9. The van der Waals surface area contributed by atoms with E-state index in [2.05, 4.69) is 15.4 Å². The molecular formula is C18H27N3O7. The van der Waals surface area contributed by atoms with Gasteiger partial charge in [0.1, 0.15) is 18.1 Å². The van der Waals surface area contributed by atoms with E-state index in [0.29, 0.717) is 19.3 Å². The average Bonchev–Trinajstić information content (AvgIpc) is 3.19. The first kappa shape index (κ1) is 21.6. The summed E-state index contributed by atoms with van der Waals surface area (Å²) >= 11 is 0. The van der Waals surface area contributed by atoms with Gasteiger partial charge in [0, 0.05) is 0 Å². The quantitative estimate of drug-likeness (QED) is 0.438. The number of rotatable bonds is 8. The first-order valence-electron chi connectivity index (χ1n) is 9.35. The summed E-state index contributed by atoms with van der Waals surface area (Å²) < 4.78 is 9.50. The number of nitrogens with one attached hydrogen (secondary N) is 2.